The molecule has 0 aliphatic heterocycles. The molecule has 0 rings (SSSR count). The third kappa shape index (κ3) is 2.62. The lowest BCUT2D eigenvalue weighted by Gasteiger charge is -2.29. The van der Waals surface area contributed by atoms with Crippen LogP contribution in [-0.2, 0) is 4.79 Å². The zero-order chi connectivity index (χ0) is 9.61. The highest BCUT2D eigenvalue weighted by Crippen LogP contribution is 2.34. The summed E-state index contributed by atoms with van der Waals surface area (Å²) in [6.45, 7) is 8.19. The number of rotatable bonds is 6. The number of carbonyl (C=O) groups is 1. The summed E-state index contributed by atoms with van der Waals surface area (Å²) in [4.78, 5) is 11.5. The molecule has 0 aromatic rings. The second-order valence-electron chi connectivity index (χ2n) is 3.69. The van der Waals surface area contributed by atoms with Gasteiger partial charge in [0.15, 0.2) is 0 Å². The second-order valence-corrected chi connectivity index (χ2v) is 3.69. The zero-order valence-corrected chi connectivity index (χ0v) is 8.94. The Hall–Kier alpha value is -0.330. The summed E-state index contributed by atoms with van der Waals surface area (Å²) in [6.07, 6.45) is 5.37. The van der Waals surface area contributed by atoms with Crippen LogP contribution >= 0.6 is 0 Å². The van der Waals surface area contributed by atoms with Crippen molar-refractivity contribution in [1.29, 1.82) is 0 Å². The Balaban J connectivity index is 4.39. The normalized spacial score (nSPS) is 11.7. The van der Waals surface area contributed by atoms with Crippen LogP contribution in [0.5, 0.6) is 0 Å². The van der Waals surface area contributed by atoms with Gasteiger partial charge < -0.3 is 0 Å². The Kier molecular flexibility index (Phi) is 5.19. The Morgan fingerprint density at radius 1 is 1.08 bits per heavy atom. The van der Waals surface area contributed by atoms with Crippen molar-refractivity contribution in [2.24, 2.45) is 5.41 Å². The molecule has 0 atom stereocenters. The fraction of sp³-hybridized carbons (Fsp3) is 0.909. The van der Waals surface area contributed by atoms with Crippen molar-refractivity contribution in [2.45, 2.75) is 59.8 Å². The first-order valence-electron chi connectivity index (χ1n) is 5.14. The van der Waals surface area contributed by atoms with Crippen molar-refractivity contribution in [3.63, 3.8) is 0 Å². The van der Waals surface area contributed by atoms with Crippen molar-refractivity contribution in [2.75, 3.05) is 0 Å². The highest BCUT2D eigenvalue weighted by atomic mass is 16.1. The van der Waals surface area contributed by atoms with E-state index in [1.54, 1.807) is 6.92 Å². The molecule has 1 nitrogen and oxygen atoms in total. The Bertz CT molecular complexity index is 132. The summed E-state index contributed by atoms with van der Waals surface area (Å²) in [5, 5.41) is 0. The van der Waals surface area contributed by atoms with E-state index >= 15 is 0 Å². The van der Waals surface area contributed by atoms with Gasteiger partial charge in [-0.1, -0.05) is 33.6 Å². The Morgan fingerprint density at radius 3 is 1.67 bits per heavy atom. The molecule has 0 aliphatic carbocycles. The van der Waals surface area contributed by atoms with Crippen molar-refractivity contribution in [1.82, 2.24) is 0 Å². The van der Waals surface area contributed by atoms with Crippen molar-refractivity contribution >= 4 is 5.78 Å². The molecule has 0 amide bonds. The molecule has 0 saturated heterocycles. The van der Waals surface area contributed by atoms with Crippen LogP contribution in [0.25, 0.3) is 0 Å². The maximum Gasteiger partial charge on any atom is 0.135 e. The average molecular weight is 170 g/mol. The molecule has 0 aromatic heterocycles. The van der Waals surface area contributed by atoms with E-state index in [9.17, 15) is 4.79 Å². The van der Waals surface area contributed by atoms with Gasteiger partial charge in [0, 0.05) is 5.41 Å². The molecule has 0 bridgehead atoms. The summed E-state index contributed by atoms with van der Waals surface area (Å²) in [6, 6.07) is 0. The molecule has 0 heterocycles. The van der Waals surface area contributed by atoms with Gasteiger partial charge in [-0.3, -0.25) is 4.79 Å². The third-order valence-corrected chi connectivity index (χ3v) is 2.88. The van der Waals surface area contributed by atoms with E-state index in [-0.39, 0.29) is 5.41 Å². The molecule has 0 N–H and O–H groups in total. The fourth-order valence-corrected chi connectivity index (χ4v) is 2.04. The monoisotopic (exact) mass is 170 g/mol. The van der Waals surface area contributed by atoms with Gasteiger partial charge in [0.05, 0.1) is 0 Å². The summed E-state index contributed by atoms with van der Waals surface area (Å²) in [5.41, 5.74) is 0.00347. The number of carbonyl (C=O) groups excluding carboxylic acids is 1. The molecule has 0 radical (unpaired) electrons. The predicted octanol–water partition coefficient (Wildman–Crippen LogP) is 3.57. The molecule has 12 heavy (non-hydrogen) atoms. The molecule has 0 unspecified atom stereocenters. The summed E-state index contributed by atoms with van der Waals surface area (Å²) in [7, 11) is 0. The smallest absolute Gasteiger partial charge is 0.135 e. The Labute approximate surface area is 76.6 Å². The minimum atomic E-state index is 0.00347. The van der Waals surface area contributed by atoms with Crippen LogP contribution < -0.4 is 0 Å². The zero-order valence-electron chi connectivity index (χ0n) is 8.94. The lowest BCUT2D eigenvalue weighted by molar-refractivity contribution is -0.127. The maximum atomic E-state index is 11.5. The van der Waals surface area contributed by atoms with Crippen molar-refractivity contribution < 1.29 is 4.79 Å². The lowest BCUT2D eigenvalue weighted by Crippen LogP contribution is -2.28. The molecule has 0 aliphatic rings. The molecule has 0 fully saturated rings. The van der Waals surface area contributed by atoms with E-state index < -0.39 is 0 Å². The van der Waals surface area contributed by atoms with Crippen molar-refractivity contribution in [3.8, 4) is 0 Å². The van der Waals surface area contributed by atoms with Gasteiger partial charge in [-0.2, -0.15) is 0 Å². The maximum absolute atomic E-state index is 11.5. The Morgan fingerprint density at radius 2 is 1.50 bits per heavy atom. The molecule has 0 saturated carbocycles. The van der Waals surface area contributed by atoms with Gasteiger partial charge in [-0.15, -0.1) is 0 Å². The second kappa shape index (κ2) is 5.34. The van der Waals surface area contributed by atoms with E-state index in [2.05, 4.69) is 20.8 Å². The van der Waals surface area contributed by atoms with Crippen LogP contribution in [-0.4, -0.2) is 5.78 Å². The number of hydrogen-bond donors (Lipinski definition) is 0. The lowest BCUT2D eigenvalue weighted by atomic mass is 9.74. The van der Waals surface area contributed by atoms with Gasteiger partial charge in [0.25, 0.3) is 0 Å². The fourth-order valence-electron chi connectivity index (χ4n) is 2.04. The number of hydrogen-bond acceptors (Lipinski definition) is 1. The van der Waals surface area contributed by atoms with E-state index in [0.29, 0.717) is 5.78 Å². The van der Waals surface area contributed by atoms with Crippen LogP contribution in [0.2, 0.25) is 0 Å². The molecular formula is C11H22O. The molecule has 0 spiro atoms. The SMILES string of the molecule is CCCC(CC)(CCC)C(C)=O. The first-order chi connectivity index (χ1) is 5.63. The third-order valence-electron chi connectivity index (χ3n) is 2.88. The van der Waals surface area contributed by atoms with Crippen LogP contribution in [0.1, 0.15) is 59.8 Å². The minimum absolute atomic E-state index is 0.00347. The summed E-state index contributed by atoms with van der Waals surface area (Å²) in [5.74, 6) is 0.383. The first-order valence-corrected chi connectivity index (χ1v) is 5.14. The molecule has 0 aromatic carbocycles. The first kappa shape index (κ1) is 11.7. The standard InChI is InChI=1S/C11H22O/c1-5-8-11(7-3,9-6-2)10(4)12/h5-9H2,1-4H3. The minimum Gasteiger partial charge on any atom is -0.299 e. The summed E-state index contributed by atoms with van der Waals surface area (Å²) < 4.78 is 0. The van der Waals surface area contributed by atoms with E-state index in [4.69, 9.17) is 0 Å². The van der Waals surface area contributed by atoms with E-state index in [0.717, 1.165) is 32.1 Å². The number of Topliss-reactive ketones (excluding diaryl/α,β-unsaturated/α-hetero) is 1. The highest BCUT2D eigenvalue weighted by Gasteiger charge is 2.30. The van der Waals surface area contributed by atoms with Gasteiger partial charge in [0.1, 0.15) is 5.78 Å². The van der Waals surface area contributed by atoms with Gasteiger partial charge in [0.2, 0.25) is 0 Å². The quantitative estimate of drug-likeness (QED) is 0.595. The predicted molar refractivity (Wildman–Crippen MR) is 53.2 cm³/mol. The van der Waals surface area contributed by atoms with Crippen LogP contribution in [0.15, 0.2) is 0 Å². The largest absolute Gasteiger partial charge is 0.299 e. The highest BCUT2D eigenvalue weighted by molar-refractivity contribution is 5.82. The number of ketones is 1. The van der Waals surface area contributed by atoms with Gasteiger partial charge in [-0.05, 0) is 26.2 Å². The van der Waals surface area contributed by atoms with Crippen LogP contribution in [0, 0.1) is 5.41 Å². The molecule has 1 heteroatoms. The average Bonchev–Trinajstić information content (AvgIpc) is 2.03. The molecule has 72 valence electrons. The topological polar surface area (TPSA) is 17.1 Å². The van der Waals surface area contributed by atoms with Crippen LogP contribution in [0.4, 0.5) is 0 Å². The van der Waals surface area contributed by atoms with E-state index in [1.165, 1.54) is 0 Å². The van der Waals surface area contributed by atoms with Gasteiger partial charge in [-0.25, -0.2) is 0 Å². The van der Waals surface area contributed by atoms with Crippen LogP contribution in [0.3, 0.4) is 0 Å². The van der Waals surface area contributed by atoms with Gasteiger partial charge >= 0.3 is 0 Å². The van der Waals surface area contributed by atoms with Crippen molar-refractivity contribution in [3.05, 3.63) is 0 Å². The molecular weight excluding hydrogens is 148 g/mol. The van der Waals surface area contributed by atoms with E-state index in [1.807, 2.05) is 0 Å². The summed E-state index contributed by atoms with van der Waals surface area (Å²) >= 11 is 0.